The van der Waals surface area contributed by atoms with Crippen LogP contribution in [-0.4, -0.2) is 35.3 Å². The summed E-state index contributed by atoms with van der Waals surface area (Å²) in [6, 6.07) is 6.42. The zero-order chi connectivity index (χ0) is 17.0. The molecular formula is C18H27N3O2. The molecule has 1 heterocycles. The predicted octanol–water partition coefficient (Wildman–Crippen LogP) is 3.15. The number of carbonyl (C=O) groups excluding carboxylic acids is 2. The van der Waals surface area contributed by atoms with Crippen molar-refractivity contribution < 1.29 is 9.59 Å². The molecule has 0 spiro atoms. The van der Waals surface area contributed by atoms with E-state index < -0.39 is 0 Å². The number of benzene rings is 1. The average Bonchev–Trinajstić information content (AvgIpc) is 2.46. The fourth-order valence-corrected chi connectivity index (χ4v) is 3.18. The molecule has 0 aromatic heterocycles. The van der Waals surface area contributed by atoms with E-state index in [1.54, 1.807) is 6.07 Å². The fourth-order valence-electron chi connectivity index (χ4n) is 3.18. The Morgan fingerprint density at radius 3 is 2.43 bits per heavy atom. The van der Waals surface area contributed by atoms with E-state index in [2.05, 4.69) is 29.4 Å². The Morgan fingerprint density at radius 2 is 1.83 bits per heavy atom. The van der Waals surface area contributed by atoms with Gasteiger partial charge < -0.3 is 10.6 Å². The summed E-state index contributed by atoms with van der Waals surface area (Å²) in [5.41, 5.74) is 2.42. The van der Waals surface area contributed by atoms with Crippen molar-refractivity contribution in [3.8, 4) is 0 Å². The number of anilines is 2. The monoisotopic (exact) mass is 317 g/mol. The van der Waals surface area contributed by atoms with Crippen molar-refractivity contribution in [1.29, 1.82) is 0 Å². The van der Waals surface area contributed by atoms with E-state index in [1.807, 2.05) is 19.1 Å². The van der Waals surface area contributed by atoms with E-state index in [9.17, 15) is 9.59 Å². The maximum Gasteiger partial charge on any atom is 0.238 e. The van der Waals surface area contributed by atoms with Gasteiger partial charge in [-0.25, -0.2) is 0 Å². The van der Waals surface area contributed by atoms with Crippen molar-refractivity contribution >= 4 is 23.2 Å². The van der Waals surface area contributed by atoms with Crippen LogP contribution in [-0.2, 0) is 9.59 Å². The minimum absolute atomic E-state index is 0.00586. The van der Waals surface area contributed by atoms with Crippen molar-refractivity contribution in [3.05, 3.63) is 23.8 Å². The summed E-state index contributed by atoms with van der Waals surface area (Å²) >= 11 is 0. The third kappa shape index (κ3) is 4.79. The van der Waals surface area contributed by atoms with Crippen molar-refractivity contribution in [2.24, 2.45) is 0 Å². The predicted molar refractivity (Wildman–Crippen MR) is 93.6 cm³/mol. The molecule has 2 N–H and O–H groups in total. The van der Waals surface area contributed by atoms with Gasteiger partial charge in [0.15, 0.2) is 0 Å². The second kappa shape index (κ2) is 7.59. The van der Waals surface area contributed by atoms with Crippen molar-refractivity contribution in [2.75, 3.05) is 17.2 Å². The maximum atomic E-state index is 12.4. The van der Waals surface area contributed by atoms with Crippen LogP contribution in [0.2, 0.25) is 0 Å². The highest BCUT2D eigenvalue weighted by Crippen LogP contribution is 2.23. The molecule has 23 heavy (non-hydrogen) atoms. The smallest absolute Gasteiger partial charge is 0.238 e. The van der Waals surface area contributed by atoms with Gasteiger partial charge in [-0.2, -0.15) is 0 Å². The molecule has 1 aliphatic rings. The van der Waals surface area contributed by atoms with Crippen LogP contribution < -0.4 is 10.6 Å². The molecule has 1 aromatic rings. The zero-order valence-electron chi connectivity index (χ0n) is 14.5. The van der Waals surface area contributed by atoms with Gasteiger partial charge in [0.05, 0.1) is 6.54 Å². The Hall–Kier alpha value is -1.88. The fraction of sp³-hybridized carbons (Fsp3) is 0.556. The van der Waals surface area contributed by atoms with Gasteiger partial charge in [-0.15, -0.1) is 0 Å². The van der Waals surface area contributed by atoms with Crippen LogP contribution >= 0.6 is 0 Å². The van der Waals surface area contributed by atoms with E-state index >= 15 is 0 Å². The van der Waals surface area contributed by atoms with Gasteiger partial charge >= 0.3 is 0 Å². The number of piperidine rings is 1. The first-order valence-electron chi connectivity index (χ1n) is 8.30. The van der Waals surface area contributed by atoms with E-state index in [-0.39, 0.29) is 11.8 Å². The van der Waals surface area contributed by atoms with Crippen LogP contribution in [0, 0.1) is 6.92 Å². The van der Waals surface area contributed by atoms with Crippen molar-refractivity contribution in [1.82, 2.24) is 4.90 Å². The second-order valence-corrected chi connectivity index (χ2v) is 6.56. The average molecular weight is 317 g/mol. The third-order valence-electron chi connectivity index (χ3n) is 4.53. The molecule has 126 valence electrons. The number of carbonyl (C=O) groups is 2. The molecule has 1 fully saturated rings. The molecule has 0 aliphatic carbocycles. The molecule has 1 saturated heterocycles. The van der Waals surface area contributed by atoms with E-state index in [0.29, 0.717) is 24.3 Å². The van der Waals surface area contributed by atoms with Gasteiger partial charge in [-0.05, 0) is 51.3 Å². The van der Waals surface area contributed by atoms with E-state index in [4.69, 9.17) is 0 Å². The molecule has 2 amide bonds. The number of nitrogens with zero attached hydrogens (tertiary/aromatic N) is 1. The molecule has 0 radical (unpaired) electrons. The van der Waals surface area contributed by atoms with Gasteiger partial charge in [-0.3, -0.25) is 14.5 Å². The van der Waals surface area contributed by atoms with Gasteiger partial charge in [0.25, 0.3) is 0 Å². The van der Waals surface area contributed by atoms with Crippen LogP contribution in [0.1, 0.15) is 45.6 Å². The lowest BCUT2D eigenvalue weighted by atomic mass is 9.97. The summed E-state index contributed by atoms with van der Waals surface area (Å²) in [5.74, 6) is -0.129. The molecule has 0 saturated carbocycles. The first-order chi connectivity index (χ1) is 10.9. The number of rotatable bonds is 4. The number of hydrogen-bond donors (Lipinski definition) is 2. The lowest BCUT2D eigenvalue weighted by Crippen LogP contribution is -2.47. The molecule has 1 aliphatic heterocycles. The summed E-state index contributed by atoms with van der Waals surface area (Å²) in [5, 5.41) is 5.72. The minimum Gasteiger partial charge on any atom is -0.326 e. The number of hydrogen-bond acceptors (Lipinski definition) is 3. The minimum atomic E-state index is -0.123. The number of likely N-dealkylation sites (tertiary alicyclic amines) is 1. The van der Waals surface area contributed by atoms with E-state index in [0.717, 1.165) is 24.1 Å². The number of amides is 2. The normalized spacial score (nSPS) is 21.7. The van der Waals surface area contributed by atoms with E-state index in [1.165, 1.54) is 13.3 Å². The summed E-state index contributed by atoms with van der Waals surface area (Å²) in [6.45, 7) is 8.19. The molecule has 5 heteroatoms. The molecular weight excluding hydrogens is 290 g/mol. The Bertz CT molecular complexity index is 576. The molecule has 1 aromatic carbocycles. The highest BCUT2D eigenvalue weighted by molar-refractivity contribution is 5.95. The molecule has 5 nitrogen and oxygen atoms in total. The van der Waals surface area contributed by atoms with Crippen molar-refractivity contribution in [3.63, 3.8) is 0 Å². The molecule has 2 atom stereocenters. The Kier molecular flexibility index (Phi) is 5.77. The topological polar surface area (TPSA) is 61.4 Å². The Morgan fingerprint density at radius 1 is 1.17 bits per heavy atom. The van der Waals surface area contributed by atoms with Gasteiger partial charge in [0, 0.05) is 30.4 Å². The quantitative estimate of drug-likeness (QED) is 0.897. The highest BCUT2D eigenvalue weighted by atomic mass is 16.2. The van der Waals surface area contributed by atoms with Gasteiger partial charge in [-0.1, -0.05) is 12.5 Å². The van der Waals surface area contributed by atoms with Crippen LogP contribution in [0.15, 0.2) is 18.2 Å². The lowest BCUT2D eigenvalue weighted by molar-refractivity contribution is -0.119. The first kappa shape index (κ1) is 17.5. The second-order valence-electron chi connectivity index (χ2n) is 6.56. The standard InChI is InChI=1S/C18H27N3O2/c1-12-8-9-16(19-15(4)22)10-17(12)20-18(23)11-21-13(2)6-5-7-14(21)3/h8-10,13-14H,5-7,11H2,1-4H3,(H,19,22)(H,20,23)/t13-,14-/m1/s1. The molecule has 0 bridgehead atoms. The van der Waals surface area contributed by atoms with Gasteiger partial charge in [0.1, 0.15) is 0 Å². The largest absolute Gasteiger partial charge is 0.326 e. The highest BCUT2D eigenvalue weighted by Gasteiger charge is 2.26. The number of aryl methyl sites for hydroxylation is 1. The van der Waals surface area contributed by atoms with Crippen LogP contribution in [0.3, 0.4) is 0 Å². The van der Waals surface area contributed by atoms with Crippen LogP contribution in [0.4, 0.5) is 11.4 Å². The van der Waals surface area contributed by atoms with Crippen LogP contribution in [0.5, 0.6) is 0 Å². The molecule has 2 rings (SSSR count). The summed E-state index contributed by atoms with van der Waals surface area (Å²) in [4.78, 5) is 25.8. The first-order valence-corrected chi connectivity index (χ1v) is 8.30. The number of nitrogens with one attached hydrogen (secondary N) is 2. The van der Waals surface area contributed by atoms with Gasteiger partial charge in [0.2, 0.25) is 11.8 Å². The van der Waals surface area contributed by atoms with Crippen LogP contribution in [0.25, 0.3) is 0 Å². The Balaban J connectivity index is 2.03. The van der Waals surface area contributed by atoms with Crippen molar-refractivity contribution in [2.45, 2.75) is 59.0 Å². The third-order valence-corrected chi connectivity index (χ3v) is 4.53. The lowest BCUT2D eigenvalue weighted by Gasteiger charge is -2.38. The zero-order valence-corrected chi connectivity index (χ0v) is 14.5. The summed E-state index contributed by atoms with van der Waals surface area (Å²) < 4.78 is 0. The SMILES string of the molecule is CC(=O)Nc1ccc(C)c(NC(=O)CN2[C@H](C)CCC[C@H]2C)c1. The molecule has 0 unspecified atom stereocenters. The Labute approximate surface area is 138 Å². The maximum absolute atomic E-state index is 12.4. The summed E-state index contributed by atoms with van der Waals surface area (Å²) in [6.07, 6.45) is 3.53. The summed E-state index contributed by atoms with van der Waals surface area (Å²) in [7, 11) is 0.